The van der Waals surface area contributed by atoms with Gasteiger partial charge in [0, 0.05) is 74.0 Å². The Morgan fingerprint density at radius 3 is 2.54 bits per heavy atom. The van der Waals surface area contributed by atoms with E-state index >= 15 is 0 Å². The number of methoxy groups -OCH3 is 1. The zero-order chi connectivity index (χ0) is 28.6. The van der Waals surface area contributed by atoms with Crippen LogP contribution in [-0.2, 0) is 22.5 Å². The number of urea groups is 1. The molecule has 1 saturated carbocycles. The second-order valence-corrected chi connectivity index (χ2v) is 11.8. The lowest BCUT2D eigenvalue weighted by molar-refractivity contribution is -0.132. The molecule has 0 radical (unpaired) electrons. The Labute approximate surface area is 244 Å². The van der Waals surface area contributed by atoms with Crippen molar-refractivity contribution in [1.29, 1.82) is 0 Å². The molecule has 2 N–H and O–H groups in total. The van der Waals surface area contributed by atoms with E-state index < -0.39 is 0 Å². The van der Waals surface area contributed by atoms with Crippen molar-refractivity contribution >= 4 is 28.5 Å². The molecule has 7 nitrogen and oxygen atoms in total. The highest BCUT2D eigenvalue weighted by molar-refractivity contribution is 5.89. The maximum atomic E-state index is 13.3. The number of benzene rings is 2. The molecule has 5 rings (SSSR count). The number of hydrogen-bond acceptors (Lipinski definition) is 3. The molecule has 7 heteroatoms. The maximum Gasteiger partial charge on any atom is 0.319 e. The van der Waals surface area contributed by atoms with E-state index in [1.807, 2.05) is 12.1 Å². The molecule has 2 aliphatic rings. The number of amides is 3. The Hall–Kier alpha value is -3.32. The molecule has 3 amide bonds. The Bertz CT molecular complexity index is 1310. The number of anilines is 1. The highest BCUT2D eigenvalue weighted by atomic mass is 16.5. The topological polar surface area (TPSA) is 75.6 Å². The first-order chi connectivity index (χ1) is 20.0. The van der Waals surface area contributed by atoms with Crippen LogP contribution in [0.4, 0.5) is 10.5 Å². The van der Waals surface area contributed by atoms with Gasteiger partial charge < -0.3 is 24.8 Å². The molecule has 0 spiro atoms. The van der Waals surface area contributed by atoms with Crippen LogP contribution < -0.4 is 10.6 Å². The molecule has 1 aromatic heterocycles. The number of nitrogens with zero attached hydrogens (tertiary/aromatic N) is 2. The molecule has 1 aliphatic carbocycles. The zero-order valence-electron chi connectivity index (χ0n) is 24.8. The molecule has 2 aromatic carbocycles. The van der Waals surface area contributed by atoms with Crippen LogP contribution in [0.25, 0.3) is 10.9 Å². The van der Waals surface area contributed by atoms with Crippen molar-refractivity contribution < 1.29 is 14.3 Å². The molecule has 1 atom stereocenters. The number of carbonyl (C=O) groups excluding carboxylic acids is 2. The molecule has 220 valence electrons. The van der Waals surface area contributed by atoms with Crippen molar-refractivity contribution in [3.05, 3.63) is 65.4 Å². The summed E-state index contributed by atoms with van der Waals surface area (Å²) in [5.74, 6) is 0.616. The number of fused-ring (bicyclic) bond motifs is 1. The minimum absolute atomic E-state index is 0.124. The zero-order valence-corrected chi connectivity index (χ0v) is 24.8. The molecule has 41 heavy (non-hydrogen) atoms. The van der Waals surface area contributed by atoms with E-state index in [4.69, 9.17) is 4.74 Å². The third kappa shape index (κ3) is 7.31. The fourth-order valence-corrected chi connectivity index (χ4v) is 6.84. The Balaban J connectivity index is 1.14. The molecule has 2 heterocycles. The third-order valence-corrected chi connectivity index (χ3v) is 8.92. The third-order valence-electron chi connectivity index (χ3n) is 8.92. The van der Waals surface area contributed by atoms with Gasteiger partial charge in [0.1, 0.15) is 0 Å². The summed E-state index contributed by atoms with van der Waals surface area (Å²) < 4.78 is 7.83. The lowest BCUT2D eigenvalue weighted by Crippen LogP contribution is -2.39. The average Bonchev–Trinajstić information content (AvgIpc) is 3.60. The summed E-state index contributed by atoms with van der Waals surface area (Å²) in [7, 11) is 1.76. The van der Waals surface area contributed by atoms with Crippen LogP contribution in [0.15, 0.2) is 48.5 Å². The average molecular weight is 559 g/mol. The van der Waals surface area contributed by atoms with Gasteiger partial charge in [0.2, 0.25) is 5.91 Å². The van der Waals surface area contributed by atoms with Crippen LogP contribution in [0.2, 0.25) is 0 Å². The SMILES string of the molecule is COCCCn1c(C2CCCN(C(=O)CCCc3ccc(NC(=O)NC4CCCC4)cc3)C2)c(C)c2ccccc21. The number of ether oxygens (including phenoxy) is 1. The lowest BCUT2D eigenvalue weighted by Gasteiger charge is -2.34. The second kappa shape index (κ2) is 14.0. The van der Waals surface area contributed by atoms with Crippen molar-refractivity contribution in [2.75, 3.05) is 32.1 Å². The highest BCUT2D eigenvalue weighted by Gasteiger charge is 2.29. The first-order valence-electron chi connectivity index (χ1n) is 15.5. The highest BCUT2D eigenvalue weighted by Crippen LogP contribution is 2.36. The van der Waals surface area contributed by atoms with Crippen molar-refractivity contribution in [3.63, 3.8) is 0 Å². The number of para-hydroxylation sites is 1. The van der Waals surface area contributed by atoms with Crippen LogP contribution in [0.1, 0.15) is 80.5 Å². The smallest absolute Gasteiger partial charge is 0.319 e. The van der Waals surface area contributed by atoms with Gasteiger partial charge in [-0.05, 0) is 81.2 Å². The first kappa shape index (κ1) is 29.2. The molecule has 3 aromatic rings. The van der Waals surface area contributed by atoms with Gasteiger partial charge in [0.25, 0.3) is 0 Å². The van der Waals surface area contributed by atoms with Crippen LogP contribution in [0, 0.1) is 6.92 Å². The van der Waals surface area contributed by atoms with Gasteiger partial charge in [-0.2, -0.15) is 0 Å². The predicted octanol–water partition coefficient (Wildman–Crippen LogP) is 6.78. The summed E-state index contributed by atoms with van der Waals surface area (Å²) in [6.07, 6.45) is 9.90. The number of rotatable bonds is 11. The fourth-order valence-electron chi connectivity index (χ4n) is 6.84. The largest absolute Gasteiger partial charge is 0.385 e. The van der Waals surface area contributed by atoms with Crippen molar-refractivity contribution in [2.45, 2.75) is 89.6 Å². The summed E-state index contributed by atoms with van der Waals surface area (Å²) in [4.78, 5) is 27.6. The number of aromatic nitrogens is 1. The number of carbonyl (C=O) groups is 2. The summed E-state index contributed by atoms with van der Waals surface area (Å²) in [6.45, 7) is 5.57. The molecular formula is C34H46N4O3. The number of nitrogens with one attached hydrogen (secondary N) is 2. The number of piperidine rings is 1. The molecule has 1 saturated heterocycles. The van der Waals surface area contributed by atoms with E-state index in [0.717, 1.165) is 76.9 Å². The number of aryl methyl sites for hydroxylation is 3. The van der Waals surface area contributed by atoms with Crippen molar-refractivity contribution in [1.82, 2.24) is 14.8 Å². The van der Waals surface area contributed by atoms with E-state index in [2.05, 4.69) is 63.4 Å². The Morgan fingerprint density at radius 2 is 1.76 bits per heavy atom. The van der Waals surface area contributed by atoms with Gasteiger partial charge in [-0.25, -0.2) is 4.79 Å². The van der Waals surface area contributed by atoms with Gasteiger partial charge in [0.15, 0.2) is 0 Å². The maximum absolute atomic E-state index is 13.3. The quantitative estimate of drug-likeness (QED) is 0.255. The molecule has 2 fully saturated rings. The van der Waals surface area contributed by atoms with Crippen LogP contribution in [0.3, 0.4) is 0 Å². The summed E-state index contributed by atoms with van der Waals surface area (Å²) in [5.41, 5.74) is 6.02. The Morgan fingerprint density at radius 1 is 0.976 bits per heavy atom. The van der Waals surface area contributed by atoms with Gasteiger partial charge in [0.05, 0.1) is 0 Å². The van der Waals surface area contributed by atoms with E-state index in [0.29, 0.717) is 18.4 Å². The normalized spacial score (nSPS) is 17.7. The summed E-state index contributed by atoms with van der Waals surface area (Å²) >= 11 is 0. The standard InChI is InChI=1S/C34H46N4O3/c1-25-30-14-5-6-15-31(30)38(22-9-23-41-2)33(25)27-11-8-21-37(24-27)32(39)16-7-10-26-17-19-29(20-18-26)36-34(40)35-28-12-3-4-13-28/h5-6,14-15,17-20,27-28H,3-4,7-13,16,21-24H2,1-2H3,(H2,35,36,40). The van der Waals surface area contributed by atoms with Gasteiger partial charge in [-0.1, -0.05) is 43.2 Å². The van der Waals surface area contributed by atoms with Gasteiger partial charge >= 0.3 is 6.03 Å². The van der Waals surface area contributed by atoms with E-state index in [-0.39, 0.29) is 11.9 Å². The molecule has 1 aliphatic heterocycles. The van der Waals surface area contributed by atoms with Crippen LogP contribution in [-0.4, -0.2) is 54.3 Å². The van der Waals surface area contributed by atoms with E-state index in [1.165, 1.54) is 40.6 Å². The minimum Gasteiger partial charge on any atom is -0.385 e. The monoisotopic (exact) mass is 558 g/mol. The van der Waals surface area contributed by atoms with Crippen LogP contribution in [0.5, 0.6) is 0 Å². The predicted molar refractivity (Wildman–Crippen MR) is 166 cm³/mol. The van der Waals surface area contributed by atoms with Crippen LogP contribution >= 0.6 is 0 Å². The number of likely N-dealkylation sites (tertiary alicyclic amines) is 1. The number of hydrogen-bond donors (Lipinski definition) is 2. The summed E-state index contributed by atoms with van der Waals surface area (Å²) in [6, 6.07) is 16.9. The van der Waals surface area contributed by atoms with E-state index in [9.17, 15) is 9.59 Å². The van der Waals surface area contributed by atoms with Crippen molar-refractivity contribution in [2.24, 2.45) is 0 Å². The second-order valence-electron chi connectivity index (χ2n) is 11.8. The Kier molecular flexibility index (Phi) is 9.99. The first-order valence-corrected chi connectivity index (χ1v) is 15.5. The van der Waals surface area contributed by atoms with Gasteiger partial charge in [-0.15, -0.1) is 0 Å². The molecular weight excluding hydrogens is 512 g/mol. The van der Waals surface area contributed by atoms with Crippen molar-refractivity contribution in [3.8, 4) is 0 Å². The molecule has 1 unspecified atom stereocenters. The lowest BCUT2D eigenvalue weighted by atomic mass is 9.91. The molecule has 0 bridgehead atoms. The minimum atomic E-state index is -0.124. The van der Waals surface area contributed by atoms with E-state index in [1.54, 1.807) is 7.11 Å². The summed E-state index contributed by atoms with van der Waals surface area (Å²) in [5, 5.41) is 7.32. The van der Waals surface area contributed by atoms with Gasteiger partial charge in [-0.3, -0.25) is 4.79 Å². The fraction of sp³-hybridized carbons (Fsp3) is 0.529.